The van der Waals surface area contributed by atoms with Gasteiger partial charge in [-0.3, -0.25) is 4.79 Å². The number of oxazole rings is 1. The number of amides is 1. The highest BCUT2D eigenvalue weighted by Crippen LogP contribution is 2.18. The predicted molar refractivity (Wildman–Crippen MR) is 41.6 cm³/mol. The largest absolute Gasteiger partial charge is 0.451 e. The van der Waals surface area contributed by atoms with Crippen molar-refractivity contribution in [3.05, 3.63) is 18.4 Å². The summed E-state index contributed by atoms with van der Waals surface area (Å²) in [5, 5.41) is 2.86. The van der Waals surface area contributed by atoms with E-state index in [1.807, 2.05) is 0 Å². The Kier molecular flexibility index (Phi) is 1.81. The molecule has 4 nitrogen and oxygen atoms in total. The van der Waals surface area contributed by atoms with Crippen LogP contribution in [0, 0.1) is 0 Å². The average Bonchev–Trinajstić information content (AvgIpc) is 2.47. The number of carbonyl (C=O) groups excluding carboxylic acids is 1. The second-order valence-corrected chi connectivity index (χ2v) is 2.97. The van der Waals surface area contributed by atoms with Crippen LogP contribution >= 0.6 is 0 Å². The Morgan fingerprint density at radius 3 is 3.00 bits per heavy atom. The van der Waals surface area contributed by atoms with Crippen LogP contribution in [-0.4, -0.2) is 16.9 Å². The second-order valence-electron chi connectivity index (χ2n) is 2.97. The first-order valence-corrected chi connectivity index (χ1v) is 4.05. The van der Waals surface area contributed by atoms with E-state index in [1.165, 1.54) is 19.1 Å². The molecule has 1 aliphatic carbocycles. The predicted octanol–water partition coefficient (Wildman–Crippen LogP) is 0.957. The van der Waals surface area contributed by atoms with E-state index in [0.29, 0.717) is 11.7 Å². The van der Waals surface area contributed by atoms with Gasteiger partial charge in [-0.2, -0.15) is 0 Å². The molecule has 1 saturated carbocycles. The van der Waals surface area contributed by atoms with Gasteiger partial charge in [0.05, 0.1) is 0 Å². The highest BCUT2D eigenvalue weighted by molar-refractivity contribution is 5.92. The zero-order valence-electron chi connectivity index (χ0n) is 6.62. The topological polar surface area (TPSA) is 55.1 Å². The Morgan fingerprint density at radius 1 is 1.67 bits per heavy atom. The van der Waals surface area contributed by atoms with Gasteiger partial charge in [0.1, 0.15) is 6.26 Å². The van der Waals surface area contributed by atoms with Crippen molar-refractivity contribution in [3.8, 4) is 0 Å². The van der Waals surface area contributed by atoms with Gasteiger partial charge in [-0.05, 0) is 19.3 Å². The van der Waals surface area contributed by atoms with E-state index in [9.17, 15) is 4.79 Å². The van der Waals surface area contributed by atoms with Gasteiger partial charge in [-0.15, -0.1) is 0 Å². The molecule has 1 aromatic rings. The maximum atomic E-state index is 11.3. The monoisotopic (exact) mass is 166 g/mol. The number of hydrogen-bond donors (Lipinski definition) is 1. The SMILES string of the molecule is O=C(NC1CCC1)c1cocn1. The maximum Gasteiger partial charge on any atom is 0.273 e. The van der Waals surface area contributed by atoms with Crippen LogP contribution in [0.4, 0.5) is 0 Å². The first-order valence-electron chi connectivity index (χ1n) is 4.05. The molecule has 12 heavy (non-hydrogen) atoms. The van der Waals surface area contributed by atoms with E-state index in [4.69, 9.17) is 4.42 Å². The summed E-state index contributed by atoms with van der Waals surface area (Å²) in [6, 6.07) is 0.356. The van der Waals surface area contributed by atoms with Crippen LogP contribution in [0.1, 0.15) is 29.8 Å². The number of nitrogens with zero attached hydrogens (tertiary/aromatic N) is 1. The number of aromatic nitrogens is 1. The molecule has 0 unspecified atom stereocenters. The summed E-state index contributed by atoms with van der Waals surface area (Å²) in [6.45, 7) is 0. The van der Waals surface area contributed by atoms with Crippen molar-refractivity contribution in [2.24, 2.45) is 0 Å². The Morgan fingerprint density at radius 2 is 2.50 bits per heavy atom. The van der Waals surface area contributed by atoms with Crippen molar-refractivity contribution >= 4 is 5.91 Å². The quantitative estimate of drug-likeness (QED) is 0.711. The molecule has 64 valence electrons. The van der Waals surface area contributed by atoms with E-state index >= 15 is 0 Å². The molecule has 1 N–H and O–H groups in total. The summed E-state index contributed by atoms with van der Waals surface area (Å²) in [4.78, 5) is 15.0. The Bertz CT molecular complexity index is 265. The fourth-order valence-electron chi connectivity index (χ4n) is 1.14. The summed E-state index contributed by atoms with van der Waals surface area (Å²) in [5.74, 6) is -0.131. The molecule has 1 amide bonds. The molecule has 0 saturated heterocycles. The van der Waals surface area contributed by atoms with Gasteiger partial charge in [0.2, 0.25) is 0 Å². The van der Waals surface area contributed by atoms with Crippen LogP contribution in [0.3, 0.4) is 0 Å². The first kappa shape index (κ1) is 7.34. The standard InChI is InChI=1S/C8H10N2O2/c11-8(7-4-12-5-9-7)10-6-2-1-3-6/h4-6H,1-3H2,(H,10,11). The average molecular weight is 166 g/mol. The smallest absolute Gasteiger partial charge is 0.273 e. The van der Waals surface area contributed by atoms with E-state index in [1.54, 1.807) is 0 Å². The van der Waals surface area contributed by atoms with Gasteiger partial charge in [0.25, 0.3) is 5.91 Å². The van der Waals surface area contributed by atoms with Gasteiger partial charge in [0, 0.05) is 6.04 Å². The van der Waals surface area contributed by atoms with Crippen LogP contribution in [0.25, 0.3) is 0 Å². The van der Waals surface area contributed by atoms with Gasteiger partial charge in [-0.25, -0.2) is 4.98 Å². The van der Waals surface area contributed by atoms with Gasteiger partial charge in [-0.1, -0.05) is 0 Å². The lowest BCUT2D eigenvalue weighted by Crippen LogP contribution is -2.39. The number of carbonyl (C=O) groups is 1. The molecule has 4 heteroatoms. The van der Waals surface area contributed by atoms with Crippen LogP contribution in [0.15, 0.2) is 17.1 Å². The molecular formula is C8H10N2O2. The van der Waals surface area contributed by atoms with Crippen molar-refractivity contribution in [1.29, 1.82) is 0 Å². The number of hydrogen-bond acceptors (Lipinski definition) is 3. The summed E-state index contributed by atoms with van der Waals surface area (Å²) in [7, 11) is 0. The van der Waals surface area contributed by atoms with Gasteiger partial charge < -0.3 is 9.73 Å². The highest BCUT2D eigenvalue weighted by Gasteiger charge is 2.20. The molecule has 0 bridgehead atoms. The number of rotatable bonds is 2. The number of nitrogens with one attached hydrogen (secondary N) is 1. The van der Waals surface area contributed by atoms with Crippen molar-refractivity contribution in [3.63, 3.8) is 0 Å². The van der Waals surface area contributed by atoms with E-state index < -0.39 is 0 Å². The lowest BCUT2D eigenvalue weighted by Gasteiger charge is -2.25. The zero-order valence-corrected chi connectivity index (χ0v) is 6.62. The van der Waals surface area contributed by atoms with Crippen LogP contribution in [-0.2, 0) is 0 Å². The molecule has 1 aliphatic rings. The summed E-state index contributed by atoms with van der Waals surface area (Å²) in [6.07, 6.45) is 6.00. The molecule has 1 aromatic heterocycles. The molecule has 0 spiro atoms. The Labute approximate surface area is 70.0 Å². The third-order valence-electron chi connectivity index (χ3n) is 2.11. The van der Waals surface area contributed by atoms with Crippen LogP contribution < -0.4 is 5.32 Å². The second kappa shape index (κ2) is 2.97. The maximum absolute atomic E-state index is 11.3. The lowest BCUT2D eigenvalue weighted by molar-refractivity contribution is 0.0912. The van der Waals surface area contributed by atoms with E-state index in [2.05, 4.69) is 10.3 Å². The Hall–Kier alpha value is -1.32. The summed E-state index contributed by atoms with van der Waals surface area (Å²) >= 11 is 0. The Balaban J connectivity index is 1.92. The summed E-state index contributed by atoms with van der Waals surface area (Å²) < 4.78 is 4.70. The third-order valence-corrected chi connectivity index (χ3v) is 2.11. The molecule has 2 rings (SSSR count). The van der Waals surface area contributed by atoms with Gasteiger partial charge in [0.15, 0.2) is 12.1 Å². The highest BCUT2D eigenvalue weighted by atomic mass is 16.3. The van der Waals surface area contributed by atoms with Crippen LogP contribution in [0.2, 0.25) is 0 Å². The zero-order chi connectivity index (χ0) is 8.39. The first-order chi connectivity index (χ1) is 5.86. The lowest BCUT2D eigenvalue weighted by atomic mass is 9.93. The fourth-order valence-corrected chi connectivity index (χ4v) is 1.14. The minimum atomic E-state index is -0.131. The van der Waals surface area contributed by atoms with Crippen molar-refractivity contribution in [2.45, 2.75) is 25.3 Å². The molecule has 0 aromatic carbocycles. The van der Waals surface area contributed by atoms with E-state index in [-0.39, 0.29) is 5.91 Å². The molecule has 1 heterocycles. The van der Waals surface area contributed by atoms with Crippen molar-refractivity contribution in [2.75, 3.05) is 0 Å². The molecule has 0 aliphatic heterocycles. The molecule has 0 atom stereocenters. The molecular weight excluding hydrogens is 156 g/mol. The van der Waals surface area contributed by atoms with Crippen LogP contribution in [0.5, 0.6) is 0 Å². The van der Waals surface area contributed by atoms with Crippen molar-refractivity contribution in [1.82, 2.24) is 10.3 Å². The third kappa shape index (κ3) is 1.32. The molecule has 0 radical (unpaired) electrons. The summed E-state index contributed by atoms with van der Waals surface area (Å²) in [5.41, 5.74) is 0.363. The van der Waals surface area contributed by atoms with E-state index in [0.717, 1.165) is 12.8 Å². The minimum Gasteiger partial charge on any atom is -0.451 e. The van der Waals surface area contributed by atoms with Gasteiger partial charge >= 0.3 is 0 Å². The normalized spacial score (nSPS) is 17.0. The van der Waals surface area contributed by atoms with Crippen molar-refractivity contribution < 1.29 is 9.21 Å². The molecule has 1 fully saturated rings. The minimum absolute atomic E-state index is 0.131. The fraction of sp³-hybridized carbons (Fsp3) is 0.500.